The monoisotopic (exact) mass is 431 g/mol. The predicted molar refractivity (Wildman–Crippen MR) is 126 cm³/mol. The van der Waals surface area contributed by atoms with Gasteiger partial charge in [0.1, 0.15) is 5.82 Å². The fourth-order valence-corrected chi connectivity index (χ4v) is 4.62. The lowest BCUT2D eigenvalue weighted by atomic mass is 9.99. The molecule has 0 saturated carbocycles. The van der Waals surface area contributed by atoms with Crippen LogP contribution in [0.4, 0.5) is 4.39 Å². The number of halogens is 1. The highest BCUT2D eigenvalue weighted by Gasteiger charge is 2.26. The maximum atomic E-state index is 14.2. The van der Waals surface area contributed by atoms with Crippen molar-refractivity contribution in [2.24, 2.45) is 5.73 Å². The maximum absolute atomic E-state index is 14.2. The van der Waals surface area contributed by atoms with Gasteiger partial charge < -0.3 is 16.0 Å². The van der Waals surface area contributed by atoms with E-state index in [2.05, 4.69) is 16.3 Å². The average molecular weight is 432 g/mol. The van der Waals surface area contributed by atoms with Crippen molar-refractivity contribution in [1.82, 2.24) is 19.6 Å². The third kappa shape index (κ3) is 3.48. The summed E-state index contributed by atoms with van der Waals surface area (Å²) in [6, 6.07) is 6.53. The second-order valence-electron chi connectivity index (χ2n) is 8.26. The molecule has 0 bridgehead atoms. The first-order valence-electron chi connectivity index (χ1n) is 11.1. The SMILES string of the molecule is CCNC(=O)c1cc2c(n3c1nc1ccc(F)cc13)C=CC=CC=C2N1CCC[C@@H](N)C1. The Labute approximate surface area is 185 Å². The molecule has 2 aliphatic rings. The molecule has 6 nitrogen and oxygen atoms in total. The van der Waals surface area contributed by atoms with E-state index in [-0.39, 0.29) is 17.8 Å². The second kappa shape index (κ2) is 8.24. The molecule has 0 unspecified atom stereocenters. The Bertz CT molecular complexity index is 1300. The molecular formula is C25H26FN5O. The fourth-order valence-electron chi connectivity index (χ4n) is 4.62. The zero-order valence-electron chi connectivity index (χ0n) is 18.0. The van der Waals surface area contributed by atoms with Gasteiger partial charge >= 0.3 is 0 Å². The number of fused-ring (bicyclic) bond motifs is 5. The standard InChI is InChI=1S/C25H26FN5O/c1-2-28-25(32)19-14-18-21(30-12-6-7-17(27)15-30)8-4-3-5-9-22(18)31-23-13-16(26)10-11-20(23)29-24(19)31/h3-5,8-11,13-14,17H,2,6-7,12,15,27H2,1H3,(H,28,32)/t17-/m1/s1. The molecule has 0 spiro atoms. The lowest BCUT2D eigenvalue weighted by Gasteiger charge is -2.35. The van der Waals surface area contributed by atoms with Crippen molar-refractivity contribution in [3.8, 4) is 0 Å². The number of imidazole rings is 1. The van der Waals surface area contributed by atoms with Crippen LogP contribution in [0.2, 0.25) is 0 Å². The number of carbonyl (C=O) groups excluding carboxylic acids is 1. The van der Waals surface area contributed by atoms with Crippen LogP contribution in [0.1, 0.15) is 41.4 Å². The molecular weight excluding hydrogens is 405 g/mol. The van der Waals surface area contributed by atoms with Crippen LogP contribution >= 0.6 is 0 Å². The Balaban J connectivity index is 1.84. The van der Waals surface area contributed by atoms with Crippen molar-refractivity contribution in [1.29, 1.82) is 0 Å². The molecule has 32 heavy (non-hydrogen) atoms. The molecule has 1 amide bonds. The number of nitrogens with one attached hydrogen (secondary N) is 1. The first kappa shape index (κ1) is 20.5. The van der Waals surface area contributed by atoms with E-state index in [0.717, 1.165) is 42.9 Å². The third-order valence-electron chi connectivity index (χ3n) is 6.05. The van der Waals surface area contributed by atoms with Crippen LogP contribution in [0.15, 0.2) is 48.6 Å². The number of benzene rings is 1. The summed E-state index contributed by atoms with van der Waals surface area (Å²) in [5.74, 6) is -0.545. The zero-order chi connectivity index (χ0) is 22.2. The predicted octanol–water partition coefficient (Wildman–Crippen LogP) is 3.72. The van der Waals surface area contributed by atoms with Gasteiger partial charge in [0.25, 0.3) is 5.91 Å². The zero-order valence-corrected chi connectivity index (χ0v) is 18.0. The summed E-state index contributed by atoms with van der Waals surface area (Å²) in [4.78, 5) is 20.0. The number of likely N-dealkylation sites (tertiary alicyclic amines) is 1. The topological polar surface area (TPSA) is 75.7 Å². The molecule has 164 valence electrons. The van der Waals surface area contributed by atoms with Crippen LogP contribution in [-0.4, -0.2) is 45.9 Å². The number of piperidine rings is 1. The minimum atomic E-state index is -0.344. The largest absolute Gasteiger partial charge is 0.369 e. The van der Waals surface area contributed by atoms with Crippen molar-refractivity contribution < 1.29 is 9.18 Å². The van der Waals surface area contributed by atoms with Gasteiger partial charge in [0.2, 0.25) is 0 Å². The van der Waals surface area contributed by atoms with Crippen molar-refractivity contribution >= 4 is 34.4 Å². The smallest absolute Gasteiger partial charge is 0.255 e. The number of nitrogens with two attached hydrogens (primary N) is 1. The van der Waals surface area contributed by atoms with Crippen LogP contribution in [0.25, 0.3) is 28.5 Å². The molecule has 1 fully saturated rings. The minimum Gasteiger partial charge on any atom is -0.369 e. The van der Waals surface area contributed by atoms with Crippen molar-refractivity contribution in [3.63, 3.8) is 0 Å². The quantitative estimate of drug-likeness (QED) is 0.663. The van der Waals surface area contributed by atoms with E-state index in [9.17, 15) is 9.18 Å². The van der Waals surface area contributed by atoms with E-state index < -0.39 is 0 Å². The number of carbonyl (C=O) groups is 1. The van der Waals surface area contributed by atoms with Gasteiger partial charge in [0.05, 0.1) is 22.3 Å². The van der Waals surface area contributed by atoms with E-state index >= 15 is 0 Å². The Hall–Kier alpha value is -3.45. The molecule has 7 heteroatoms. The van der Waals surface area contributed by atoms with E-state index in [1.54, 1.807) is 6.07 Å². The van der Waals surface area contributed by atoms with Crippen LogP contribution in [0.5, 0.6) is 0 Å². The van der Waals surface area contributed by atoms with Gasteiger partial charge in [-0.3, -0.25) is 9.20 Å². The molecule has 1 aromatic carbocycles. The number of hydrogen-bond donors (Lipinski definition) is 2. The maximum Gasteiger partial charge on any atom is 0.255 e. The Morgan fingerprint density at radius 3 is 2.97 bits per heavy atom. The Morgan fingerprint density at radius 2 is 2.16 bits per heavy atom. The normalized spacial score (nSPS) is 18.4. The molecule has 0 radical (unpaired) electrons. The van der Waals surface area contributed by atoms with Gasteiger partial charge in [-0.1, -0.05) is 18.2 Å². The summed E-state index contributed by atoms with van der Waals surface area (Å²) in [5.41, 5.74) is 11.3. The summed E-state index contributed by atoms with van der Waals surface area (Å²) >= 11 is 0. The molecule has 1 atom stereocenters. The number of nitrogens with zero attached hydrogens (tertiary/aromatic N) is 3. The molecule has 2 aromatic heterocycles. The molecule has 1 aliphatic carbocycles. The Kier molecular flexibility index (Phi) is 5.27. The first-order chi connectivity index (χ1) is 15.6. The molecule has 1 aliphatic heterocycles. The number of allylic oxidation sites excluding steroid dienone is 4. The van der Waals surface area contributed by atoms with E-state index in [0.29, 0.717) is 28.8 Å². The van der Waals surface area contributed by atoms with Crippen molar-refractivity contribution in [2.45, 2.75) is 25.8 Å². The van der Waals surface area contributed by atoms with Crippen LogP contribution in [0.3, 0.4) is 0 Å². The van der Waals surface area contributed by atoms with Crippen LogP contribution < -0.4 is 11.1 Å². The average Bonchev–Trinajstić information content (AvgIpc) is 3.12. The molecule has 3 N–H and O–H groups in total. The van der Waals surface area contributed by atoms with Gasteiger partial charge in [-0.15, -0.1) is 0 Å². The van der Waals surface area contributed by atoms with Gasteiger partial charge in [0.15, 0.2) is 5.65 Å². The van der Waals surface area contributed by atoms with Crippen molar-refractivity contribution in [3.05, 3.63) is 71.2 Å². The molecule has 3 aromatic rings. The summed E-state index contributed by atoms with van der Waals surface area (Å²) in [6.07, 6.45) is 12.0. The number of hydrogen-bond acceptors (Lipinski definition) is 4. The second-order valence-corrected chi connectivity index (χ2v) is 8.26. The lowest BCUT2D eigenvalue weighted by Crippen LogP contribution is -2.42. The number of rotatable bonds is 3. The molecule has 1 saturated heterocycles. The summed E-state index contributed by atoms with van der Waals surface area (Å²) in [5, 5.41) is 2.89. The number of aromatic nitrogens is 2. The minimum absolute atomic E-state index is 0.104. The van der Waals surface area contributed by atoms with Crippen LogP contribution in [0, 0.1) is 5.82 Å². The Morgan fingerprint density at radius 1 is 1.28 bits per heavy atom. The van der Waals surface area contributed by atoms with Gasteiger partial charge in [-0.05, 0) is 50.1 Å². The van der Waals surface area contributed by atoms with Crippen molar-refractivity contribution in [2.75, 3.05) is 19.6 Å². The lowest BCUT2D eigenvalue weighted by molar-refractivity contribution is 0.0957. The third-order valence-corrected chi connectivity index (χ3v) is 6.05. The fraction of sp³-hybridized carbons (Fsp3) is 0.280. The van der Waals surface area contributed by atoms with E-state index in [4.69, 9.17) is 10.7 Å². The van der Waals surface area contributed by atoms with E-state index in [1.165, 1.54) is 12.1 Å². The summed E-state index contributed by atoms with van der Waals surface area (Å²) in [7, 11) is 0. The van der Waals surface area contributed by atoms with Gasteiger partial charge in [-0.25, -0.2) is 9.37 Å². The number of pyridine rings is 1. The highest BCUT2D eigenvalue weighted by Crippen LogP contribution is 2.33. The van der Waals surface area contributed by atoms with E-state index in [1.807, 2.05) is 41.7 Å². The molecule has 3 heterocycles. The van der Waals surface area contributed by atoms with Gasteiger partial charge in [-0.2, -0.15) is 0 Å². The highest BCUT2D eigenvalue weighted by molar-refractivity contribution is 6.03. The summed E-state index contributed by atoms with van der Waals surface area (Å²) < 4.78 is 16.1. The van der Waals surface area contributed by atoms with Crippen LogP contribution in [-0.2, 0) is 0 Å². The summed E-state index contributed by atoms with van der Waals surface area (Å²) in [6.45, 7) is 4.03. The molecule has 5 rings (SSSR count). The van der Waals surface area contributed by atoms with Gasteiger partial charge in [0, 0.05) is 43.0 Å². The first-order valence-corrected chi connectivity index (χ1v) is 11.1. The highest BCUT2D eigenvalue weighted by atomic mass is 19.1. The number of amides is 1.